The van der Waals surface area contributed by atoms with Gasteiger partial charge in [-0.25, -0.2) is 9.37 Å². The Labute approximate surface area is 126 Å². The zero-order valence-electron chi connectivity index (χ0n) is 12.5. The van der Waals surface area contributed by atoms with Gasteiger partial charge >= 0.3 is 0 Å². The van der Waals surface area contributed by atoms with Gasteiger partial charge in [-0.2, -0.15) is 9.97 Å². The van der Waals surface area contributed by atoms with Crippen molar-refractivity contribution in [2.75, 3.05) is 24.7 Å². The van der Waals surface area contributed by atoms with Crippen molar-refractivity contribution in [2.24, 2.45) is 0 Å². The number of aliphatic hydroxyl groups is 2. The molecule has 22 heavy (non-hydrogen) atoms. The molecule has 3 atom stereocenters. The van der Waals surface area contributed by atoms with Crippen LogP contribution in [0.3, 0.4) is 0 Å². The number of alkyl halides is 1. The number of hydrogen-bond acceptors (Lipinski definition) is 8. The van der Waals surface area contributed by atoms with Gasteiger partial charge in [0.25, 0.3) is 5.85 Å². The molecule has 1 unspecified atom stereocenters. The first kappa shape index (κ1) is 16.3. The maximum atomic E-state index is 14.3. The van der Waals surface area contributed by atoms with Gasteiger partial charge in [-0.15, -0.1) is 0 Å². The average molecular weight is 314 g/mol. The fourth-order valence-corrected chi connectivity index (χ4v) is 1.98. The number of hydrogen-bond donors (Lipinski definition) is 4. The smallest absolute Gasteiger partial charge is 0.260 e. The summed E-state index contributed by atoms with van der Waals surface area (Å²) in [7, 11) is 1.66. The molecule has 0 bridgehead atoms. The fraction of sp³-hybridized carbons (Fsp3) is 0.583. The van der Waals surface area contributed by atoms with Gasteiger partial charge in [0.2, 0.25) is 5.95 Å². The van der Waals surface area contributed by atoms with Gasteiger partial charge in [-0.3, -0.25) is 4.57 Å². The lowest BCUT2D eigenvalue weighted by molar-refractivity contribution is -0.256. The van der Waals surface area contributed by atoms with E-state index >= 15 is 0 Å². The van der Waals surface area contributed by atoms with Crippen molar-refractivity contribution < 1.29 is 19.3 Å². The number of imidazole rings is 1. The van der Waals surface area contributed by atoms with Crippen LogP contribution >= 0.6 is 0 Å². The lowest BCUT2D eigenvalue weighted by Gasteiger charge is -2.30. The number of aliphatic hydroxyl groups excluding tert-OH is 2. The summed E-state index contributed by atoms with van der Waals surface area (Å²) in [5, 5.41) is 21.4. The Morgan fingerprint density at radius 2 is 2.18 bits per heavy atom. The van der Waals surface area contributed by atoms with E-state index in [0.717, 1.165) is 0 Å². The van der Waals surface area contributed by atoms with Crippen LogP contribution < -0.4 is 11.1 Å². The molecule has 0 radical (unpaired) electrons. The van der Waals surface area contributed by atoms with Gasteiger partial charge in [0.05, 0.1) is 6.33 Å². The van der Waals surface area contributed by atoms with Crippen LogP contribution in [0, 0.1) is 0 Å². The van der Waals surface area contributed by atoms with E-state index in [-0.39, 0.29) is 5.95 Å². The Balaban J connectivity index is 2.41. The number of halogens is 1. The van der Waals surface area contributed by atoms with Gasteiger partial charge in [0.1, 0.15) is 18.9 Å². The van der Waals surface area contributed by atoms with Gasteiger partial charge in [0, 0.05) is 7.05 Å². The van der Waals surface area contributed by atoms with Crippen LogP contribution in [-0.2, 0) is 4.74 Å². The van der Waals surface area contributed by atoms with Crippen LogP contribution in [0.2, 0.25) is 0 Å². The molecule has 0 aromatic carbocycles. The second-order valence-corrected chi connectivity index (χ2v) is 4.84. The first-order valence-corrected chi connectivity index (χ1v) is 6.66. The number of fused-ring (bicyclic) bond motifs is 1. The highest BCUT2D eigenvalue weighted by molar-refractivity contribution is 5.84. The third-order valence-corrected chi connectivity index (χ3v) is 3.27. The second-order valence-electron chi connectivity index (χ2n) is 4.84. The van der Waals surface area contributed by atoms with Crippen LogP contribution in [-0.4, -0.2) is 55.3 Å². The SMILES string of the molecule is CNc1nc(N)nc2c1ncn2[C@@H](C)O[C@](F)(CO)C(C)O. The number of nitrogens with two attached hydrogens (primary N) is 1. The Kier molecular flexibility index (Phi) is 4.44. The molecule has 0 aliphatic rings. The molecule has 2 aromatic heterocycles. The summed E-state index contributed by atoms with van der Waals surface area (Å²) in [6.07, 6.45) is -1.01. The molecule has 5 N–H and O–H groups in total. The van der Waals surface area contributed by atoms with Crippen LogP contribution in [0.25, 0.3) is 11.2 Å². The van der Waals surface area contributed by atoms with E-state index < -0.39 is 24.8 Å². The second kappa shape index (κ2) is 5.99. The quantitative estimate of drug-likeness (QED) is 0.587. The lowest BCUT2D eigenvalue weighted by atomic mass is 10.2. The predicted molar refractivity (Wildman–Crippen MR) is 77.7 cm³/mol. The highest BCUT2D eigenvalue weighted by Gasteiger charge is 2.38. The number of ether oxygens (including phenoxy) is 1. The first-order valence-electron chi connectivity index (χ1n) is 6.66. The van der Waals surface area contributed by atoms with E-state index in [9.17, 15) is 9.50 Å². The van der Waals surface area contributed by atoms with Crippen LogP contribution in [0.5, 0.6) is 0 Å². The van der Waals surface area contributed by atoms with Gasteiger partial charge in [-0.05, 0) is 13.8 Å². The molecule has 0 spiro atoms. The molecular weight excluding hydrogens is 295 g/mol. The first-order chi connectivity index (χ1) is 10.3. The Morgan fingerprint density at radius 1 is 1.50 bits per heavy atom. The number of aromatic nitrogens is 4. The summed E-state index contributed by atoms with van der Waals surface area (Å²) in [6, 6.07) is 0. The van der Waals surface area contributed by atoms with Crippen molar-refractivity contribution >= 4 is 22.9 Å². The Morgan fingerprint density at radius 3 is 2.73 bits per heavy atom. The molecular formula is C12H19FN6O3. The molecule has 9 nitrogen and oxygen atoms in total. The molecule has 0 aliphatic heterocycles. The normalized spacial score (nSPS) is 17.2. The molecule has 2 heterocycles. The highest BCUT2D eigenvalue weighted by Crippen LogP contribution is 2.28. The summed E-state index contributed by atoms with van der Waals surface area (Å²) in [5.74, 6) is -2.15. The summed E-state index contributed by atoms with van der Waals surface area (Å²) in [4.78, 5) is 12.2. The van der Waals surface area contributed by atoms with Gasteiger partial charge in [0.15, 0.2) is 17.0 Å². The molecule has 2 rings (SSSR count). The van der Waals surface area contributed by atoms with E-state index in [4.69, 9.17) is 15.6 Å². The molecule has 0 saturated carbocycles. The van der Waals surface area contributed by atoms with E-state index in [1.54, 1.807) is 7.05 Å². The van der Waals surface area contributed by atoms with Crippen molar-refractivity contribution in [3.05, 3.63) is 6.33 Å². The van der Waals surface area contributed by atoms with Crippen molar-refractivity contribution in [3.63, 3.8) is 0 Å². The summed E-state index contributed by atoms with van der Waals surface area (Å²) >= 11 is 0. The average Bonchev–Trinajstić information content (AvgIpc) is 2.89. The van der Waals surface area contributed by atoms with Gasteiger partial charge in [-0.1, -0.05) is 0 Å². The lowest BCUT2D eigenvalue weighted by Crippen LogP contribution is -2.43. The van der Waals surface area contributed by atoms with Gasteiger partial charge < -0.3 is 26.0 Å². The Bertz CT molecular complexity index is 664. The van der Waals surface area contributed by atoms with E-state index in [2.05, 4.69) is 20.3 Å². The van der Waals surface area contributed by atoms with Crippen LogP contribution in [0.4, 0.5) is 16.2 Å². The van der Waals surface area contributed by atoms with Crippen molar-refractivity contribution in [3.8, 4) is 0 Å². The highest BCUT2D eigenvalue weighted by atomic mass is 19.2. The minimum absolute atomic E-state index is 0.0231. The third kappa shape index (κ3) is 2.80. The zero-order chi connectivity index (χ0) is 16.5. The minimum Gasteiger partial charge on any atom is -0.390 e. The number of anilines is 2. The fourth-order valence-electron chi connectivity index (χ4n) is 1.98. The largest absolute Gasteiger partial charge is 0.390 e. The summed E-state index contributed by atoms with van der Waals surface area (Å²) in [6.45, 7) is 1.74. The van der Waals surface area contributed by atoms with Crippen molar-refractivity contribution in [1.29, 1.82) is 0 Å². The van der Waals surface area contributed by atoms with Crippen molar-refractivity contribution in [1.82, 2.24) is 19.5 Å². The molecule has 10 heteroatoms. The maximum Gasteiger partial charge on any atom is 0.260 e. The monoisotopic (exact) mass is 314 g/mol. The van der Waals surface area contributed by atoms with E-state index in [1.807, 2.05) is 0 Å². The maximum absolute atomic E-state index is 14.3. The van der Waals surface area contributed by atoms with Crippen LogP contribution in [0.15, 0.2) is 6.33 Å². The minimum atomic E-state index is -2.60. The molecule has 0 fully saturated rings. The zero-order valence-corrected chi connectivity index (χ0v) is 12.5. The Hall–Kier alpha value is -2.04. The van der Waals surface area contributed by atoms with Crippen molar-refractivity contribution in [2.45, 2.75) is 32.0 Å². The molecule has 0 saturated heterocycles. The number of rotatable bonds is 6. The molecule has 122 valence electrons. The standard InChI is InChI=1S/C12H19FN6O3/c1-6(21)12(13,4-20)22-7(2)19-5-16-8-9(15-3)17-11(14)18-10(8)19/h5-7,20-21H,4H2,1-3H3,(H3,14,15,17,18)/t6?,7-,12-/m1/s1. The summed E-state index contributed by atoms with van der Waals surface area (Å²) in [5.41, 5.74) is 6.42. The summed E-state index contributed by atoms with van der Waals surface area (Å²) < 4.78 is 20.9. The number of nitrogen functional groups attached to an aromatic ring is 1. The molecule has 2 aromatic rings. The topological polar surface area (TPSA) is 131 Å². The third-order valence-electron chi connectivity index (χ3n) is 3.27. The van der Waals surface area contributed by atoms with Crippen LogP contribution in [0.1, 0.15) is 20.1 Å². The van der Waals surface area contributed by atoms with E-state index in [0.29, 0.717) is 17.0 Å². The predicted octanol–water partition coefficient (Wildman–Crippen LogP) is 0.0242. The number of nitrogens with one attached hydrogen (secondary N) is 1. The van der Waals surface area contributed by atoms with E-state index in [1.165, 1.54) is 24.7 Å². The number of nitrogens with zero attached hydrogens (tertiary/aromatic N) is 4. The molecule has 0 aliphatic carbocycles. The molecule has 0 amide bonds.